The number of hydrogen-bond donors (Lipinski definition) is 2. The van der Waals surface area contributed by atoms with Gasteiger partial charge in [0, 0.05) is 12.5 Å². The predicted molar refractivity (Wildman–Crippen MR) is 109 cm³/mol. The molecule has 6 nitrogen and oxygen atoms in total. The first-order chi connectivity index (χ1) is 13.7. The van der Waals surface area contributed by atoms with Gasteiger partial charge in [-0.3, -0.25) is 4.79 Å². The van der Waals surface area contributed by atoms with Crippen molar-refractivity contribution >= 4 is 16.5 Å². The maximum absolute atomic E-state index is 12.5. The lowest BCUT2D eigenvalue weighted by Gasteiger charge is -2.23. The van der Waals surface area contributed by atoms with Crippen LogP contribution < -0.4 is 19.9 Å². The summed E-state index contributed by atoms with van der Waals surface area (Å²) in [6, 6.07) is 13.9. The van der Waals surface area contributed by atoms with Crippen LogP contribution in [0.15, 0.2) is 53.3 Å². The molecule has 0 aliphatic carbocycles. The molecule has 4 rings (SSSR count). The van der Waals surface area contributed by atoms with Crippen molar-refractivity contribution in [2.24, 2.45) is 0 Å². The lowest BCUT2D eigenvalue weighted by molar-refractivity contribution is -0.909. The number of nitrogens with zero attached hydrogens (tertiary/aromatic N) is 1. The second kappa shape index (κ2) is 7.86. The number of methoxy groups -OCH3 is 2. The second-order valence-corrected chi connectivity index (χ2v) is 6.96. The highest BCUT2D eigenvalue weighted by molar-refractivity contribution is 5.81. The van der Waals surface area contributed by atoms with Gasteiger partial charge in [-0.25, -0.2) is 4.98 Å². The normalized spacial score (nSPS) is 16.6. The Morgan fingerprint density at radius 3 is 2.54 bits per heavy atom. The zero-order valence-corrected chi connectivity index (χ0v) is 16.1. The van der Waals surface area contributed by atoms with Crippen LogP contribution in [0.2, 0.25) is 0 Å². The van der Waals surface area contributed by atoms with Crippen LogP contribution in [0.5, 0.6) is 11.5 Å². The van der Waals surface area contributed by atoms with E-state index in [1.807, 2.05) is 6.07 Å². The third kappa shape index (κ3) is 3.64. The Morgan fingerprint density at radius 1 is 1.11 bits per heavy atom. The smallest absolute Gasteiger partial charge is 0.259 e. The molecule has 0 saturated carbocycles. The van der Waals surface area contributed by atoms with E-state index in [1.54, 1.807) is 26.4 Å². The van der Waals surface area contributed by atoms with Crippen molar-refractivity contribution in [3.05, 3.63) is 70.3 Å². The van der Waals surface area contributed by atoms with Crippen LogP contribution in [0, 0.1) is 0 Å². The Hall–Kier alpha value is -3.12. The molecule has 144 valence electrons. The SMILES string of the molecule is COc1cc2nc(C[NH+]3CC=C(c4ccccc4)CC3)[nH]c(=O)c2cc1OC. The number of benzene rings is 2. The van der Waals surface area contributed by atoms with Gasteiger partial charge < -0.3 is 19.4 Å². The van der Waals surface area contributed by atoms with E-state index < -0.39 is 0 Å². The molecule has 3 aromatic rings. The van der Waals surface area contributed by atoms with E-state index in [-0.39, 0.29) is 5.56 Å². The lowest BCUT2D eigenvalue weighted by atomic mass is 10.00. The lowest BCUT2D eigenvalue weighted by Crippen LogP contribution is -3.11. The first kappa shape index (κ1) is 18.3. The summed E-state index contributed by atoms with van der Waals surface area (Å²) in [4.78, 5) is 21.5. The topological polar surface area (TPSA) is 68.7 Å². The number of quaternary nitrogens is 1. The Kier molecular flexibility index (Phi) is 5.12. The van der Waals surface area contributed by atoms with Crippen molar-refractivity contribution in [1.82, 2.24) is 9.97 Å². The van der Waals surface area contributed by atoms with Gasteiger partial charge in [0.25, 0.3) is 5.56 Å². The van der Waals surface area contributed by atoms with Crippen molar-refractivity contribution in [3.63, 3.8) is 0 Å². The quantitative estimate of drug-likeness (QED) is 0.711. The van der Waals surface area contributed by atoms with E-state index in [0.717, 1.165) is 19.5 Å². The average molecular weight is 378 g/mol. The van der Waals surface area contributed by atoms with E-state index in [9.17, 15) is 4.79 Å². The van der Waals surface area contributed by atoms with E-state index in [2.05, 4.69) is 40.3 Å². The minimum Gasteiger partial charge on any atom is -0.493 e. The second-order valence-electron chi connectivity index (χ2n) is 6.96. The van der Waals surface area contributed by atoms with Crippen molar-refractivity contribution in [1.29, 1.82) is 0 Å². The molecule has 28 heavy (non-hydrogen) atoms. The monoisotopic (exact) mass is 378 g/mol. The number of fused-ring (bicyclic) bond motifs is 1. The Morgan fingerprint density at radius 2 is 1.86 bits per heavy atom. The van der Waals surface area contributed by atoms with E-state index in [4.69, 9.17) is 9.47 Å². The molecule has 0 amide bonds. The molecule has 0 bridgehead atoms. The summed E-state index contributed by atoms with van der Waals surface area (Å²) >= 11 is 0. The van der Waals surface area contributed by atoms with Gasteiger partial charge in [0.05, 0.1) is 38.2 Å². The highest BCUT2D eigenvalue weighted by Gasteiger charge is 2.18. The molecule has 1 atom stereocenters. The molecule has 2 N–H and O–H groups in total. The molecule has 2 aromatic carbocycles. The van der Waals surface area contributed by atoms with Gasteiger partial charge in [-0.05, 0) is 23.3 Å². The van der Waals surface area contributed by atoms with Gasteiger partial charge in [0.15, 0.2) is 17.3 Å². The molecular formula is C22H24N3O3+. The summed E-state index contributed by atoms with van der Waals surface area (Å²) in [5, 5.41) is 0.501. The summed E-state index contributed by atoms with van der Waals surface area (Å²) in [5.74, 6) is 1.78. The number of aromatic nitrogens is 2. The number of H-pyrrole nitrogens is 1. The molecule has 6 heteroatoms. The number of rotatable bonds is 5. The predicted octanol–water partition coefficient (Wildman–Crippen LogP) is 1.81. The van der Waals surface area contributed by atoms with Crippen molar-refractivity contribution in [2.75, 3.05) is 27.3 Å². The first-order valence-corrected chi connectivity index (χ1v) is 9.41. The summed E-state index contributed by atoms with van der Waals surface area (Å²) in [7, 11) is 3.13. The van der Waals surface area contributed by atoms with Crippen LogP contribution >= 0.6 is 0 Å². The molecule has 1 unspecified atom stereocenters. The Balaban J connectivity index is 1.55. The molecule has 1 aromatic heterocycles. The fourth-order valence-corrected chi connectivity index (χ4v) is 3.69. The summed E-state index contributed by atoms with van der Waals surface area (Å²) in [5.41, 5.74) is 3.15. The van der Waals surface area contributed by atoms with Crippen LogP contribution in [0.4, 0.5) is 0 Å². The molecule has 0 fully saturated rings. The van der Waals surface area contributed by atoms with E-state index in [1.165, 1.54) is 16.0 Å². The van der Waals surface area contributed by atoms with E-state index in [0.29, 0.717) is 34.8 Å². The fourth-order valence-electron chi connectivity index (χ4n) is 3.69. The number of ether oxygens (including phenoxy) is 2. The van der Waals surface area contributed by atoms with Gasteiger partial charge in [-0.2, -0.15) is 0 Å². The van der Waals surface area contributed by atoms with Gasteiger partial charge in [-0.15, -0.1) is 0 Å². The van der Waals surface area contributed by atoms with Crippen LogP contribution in [0.25, 0.3) is 16.5 Å². The minimum absolute atomic E-state index is 0.155. The number of hydrogen-bond acceptors (Lipinski definition) is 4. The third-order valence-corrected chi connectivity index (χ3v) is 5.21. The van der Waals surface area contributed by atoms with Crippen LogP contribution in [-0.2, 0) is 6.54 Å². The van der Waals surface area contributed by atoms with Gasteiger partial charge >= 0.3 is 0 Å². The maximum atomic E-state index is 12.5. The summed E-state index contributed by atoms with van der Waals surface area (Å²) in [6.07, 6.45) is 3.31. The standard InChI is InChI=1S/C22H23N3O3/c1-27-19-12-17-18(13-20(19)28-2)23-21(24-22(17)26)14-25-10-8-16(9-11-25)15-6-4-3-5-7-15/h3-8,12-13H,9-11,14H2,1-2H3,(H,23,24,26)/p+1. The van der Waals surface area contributed by atoms with Gasteiger partial charge in [0.1, 0.15) is 6.54 Å². The minimum atomic E-state index is -0.155. The largest absolute Gasteiger partial charge is 0.493 e. The highest BCUT2D eigenvalue weighted by Crippen LogP contribution is 2.29. The zero-order chi connectivity index (χ0) is 19.5. The fraction of sp³-hybridized carbons (Fsp3) is 0.273. The van der Waals surface area contributed by atoms with Gasteiger partial charge in [-0.1, -0.05) is 30.3 Å². The molecule has 0 spiro atoms. The van der Waals surface area contributed by atoms with Crippen molar-refractivity contribution in [3.8, 4) is 11.5 Å². The van der Waals surface area contributed by atoms with Crippen LogP contribution in [0.1, 0.15) is 17.8 Å². The van der Waals surface area contributed by atoms with Crippen molar-refractivity contribution in [2.45, 2.75) is 13.0 Å². The van der Waals surface area contributed by atoms with Crippen molar-refractivity contribution < 1.29 is 14.4 Å². The van der Waals surface area contributed by atoms with Crippen LogP contribution in [-0.4, -0.2) is 37.3 Å². The Bertz CT molecular complexity index is 1070. The summed E-state index contributed by atoms with van der Waals surface area (Å²) in [6.45, 7) is 2.60. The molecule has 1 aliphatic rings. The molecule has 1 aliphatic heterocycles. The third-order valence-electron chi connectivity index (χ3n) is 5.21. The molecule has 0 saturated heterocycles. The zero-order valence-electron chi connectivity index (χ0n) is 16.1. The van der Waals surface area contributed by atoms with E-state index >= 15 is 0 Å². The highest BCUT2D eigenvalue weighted by atomic mass is 16.5. The molecular weight excluding hydrogens is 354 g/mol. The maximum Gasteiger partial charge on any atom is 0.259 e. The molecule has 2 heterocycles. The summed E-state index contributed by atoms with van der Waals surface area (Å²) < 4.78 is 10.6. The first-order valence-electron chi connectivity index (χ1n) is 9.41. The molecule has 0 radical (unpaired) electrons. The number of aromatic amines is 1. The number of nitrogens with one attached hydrogen (secondary N) is 2. The average Bonchev–Trinajstić information content (AvgIpc) is 2.74. The Labute approximate surface area is 163 Å². The van der Waals surface area contributed by atoms with Gasteiger partial charge in [0.2, 0.25) is 0 Å². The van der Waals surface area contributed by atoms with Crippen LogP contribution in [0.3, 0.4) is 0 Å².